The molecule has 0 saturated heterocycles. The van der Waals surface area contributed by atoms with Gasteiger partial charge >= 0.3 is 0 Å². The van der Waals surface area contributed by atoms with Crippen molar-refractivity contribution >= 4 is 0 Å². The topological polar surface area (TPSA) is 35.1 Å². The van der Waals surface area contributed by atoms with Gasteiger partial charge in [-0.15, -0.1) is 0 Å². The molecule has 0 aliphatic heterocycles. The minimum atomic E-state index is 0.560. The van der Waals surface area contributed by atoms with Crippen LogP contribution in [-0.2, 0) is 13.2 Å². The van der Waals surface area contributed by atoms with Crippen molar-refractivity contribution in [1.82, 2.24) is 0 Å². The van der Waals surface area contributed by atoms with E-state index < -0.39 is 0 Å². The van der Waals surface area contributed by atoms with Crippen molar-refractivity contribution in [3.8, 4) is 11.5 Å². The first-order valence-corrected chi connectivity index (χ1v) is 10.0. The molecule has 1 aliphatic rings. The second kappa shape index (κ2) is 10.2. The Labute approximate surface area is 157 Å². The molecule has 3 nitrogen and oxygen atoms in total. The van der Waals surface area contributed by atoms with Crippen molar-refractivity contribution in [1.29, 1.82) is 0 Å². The molecule has 0 aromatic heterocycles. The highest BCUT2D eigenvalue weighted by atomic mass is 16.5. The lowest BCUT2D eigenvalue weighted by molar-refractivity contribution is -0.706. The molecule has 0 unspecified atom stereocenters. The molecule has 0 atom stereocenters. The second-order valence-electron chi connectivity index (χ2n) is 7.30. The number of nitrogens with two attached hydrogens (primary N) is 1. The molecular formula is C23H32NO2+. The molecule has 0 bridgehead atoms. The summed E-state index contributed by atoms with van der Waals surface area (Å²) in [5, 5.41) is 2.52. The van der Waals surface area contributed by atoms with Crippen LogP contribution in [0.4, 0.5) is 0 Å². The van der Waals surface area contributed by atoms with Crippen LogP contribution < -0.4 is 14.8 Å². The fourth-order valence-electron chi connectivity index (χ4n) is 3.72. The van der Waals surface area contributed by atoms with Gasteiger partial charge in [0.2, 0.25) is 0 Å². The molecule has 0 amide bonds. The lowest BCUT2D eigenvalue weighted by atomic mass is 9.96. The fourth-order valence-corrected chi connectivity index (χ4v) is 3.72. The Morgan fingerprint density at radius 1 is 0.846 bits per heavy atom. The van der Waals surface area contributed by atoms with E-state index in [1.165, 1.54) is 50.5 Å². The number of hydrogen-bond donors (Lipinski definition) is 1. The van der Waals surface area contributed by atoms with Crippen LogP contribution >= 0.6 is 0 Å². The zero-order valence-corrected chi connectivity index (χ0v) is 16.0. The van der Waals surface area contributed by atoms with E-state index in [-0.39, 0.29) is 0 Å². The van der Waals surface area contributed by atoms with E-state index in [9.17, 15) is 0 Å². The smallest absolute Gasteiger partial charge is 0.161 e. The van der Waals surface area contributed by atoms with Gasteiger partial charge in [0.1, 0.15) is 13.2 Å². The van der Waals surface area contributed by atoms with Gasteiger partial charge in [0.15, 0.2) is 11.5 Å². The summed E-state index contributed by atoms with van der Waals surface area (Å²) >= 11 is 0. The van der Waals surface area contributed by atoms with Crippen molar-refractivity contribution in [2.45, 2.75) is 64.1 Å². The van der Waals surface area contributed by atoms with Gasteiger partial charge in [0, 0.05) is 5.56 Å². The number of quaternary nitrogens is 1. The number of rotatable bonds is 7. The van der Waals surface area contributed by atoms with Crippen LogP contribution in [0.5, 0.6) is 11.5 Å². The molecule has 3 rings (SSSR count). The maximum Gasteiger partial charge on any atom is 0.161 e. The first-order chi connectivity index (χ1) is 12.8. The van der Waals surface area contributed by atoms with E-state index in [2.05, 4.69) is 29.6 Å². The van der Waals surface area contributed by atoms with Crippen molar-refractivity contribution in [2.24, 2.45) is 0 Å². The van der Waals surface area contributed by atoms with Gasteiger partial charge in [0.25, 0.3) is 0 Å². The third-order valence-corrected chi connectivity index (χ3v) is 5.30. The van der Waals surface area contributed by atoms with Crippen molar-refractivity contribution < 1.29 is 14.8 Å². The predicted molar refractivity (Wildman–Crippen MR) is 106 cm³/mol. The average Bonchev–Trinajstić information content (AvgIpc) is 2.66. The Balaban J connectivity index is 1.55. The summed E-state index contributed by atoms with van der Waals surface area (Å²) in [5.74, 6) is 1.63. The normalized spacial score (nSPS) is 15.9. The maximum absolute atomic E-state index is 5.96. The van der Waals surface area contributed by atoms with Gasteiger partial charge < -0.3 is 14.8 Å². The minimum Gasteiger partial charge on any atom is -0.493 e. The number of methoxy groups -OCH3 is 1. The van der Waals surface area contributed by atoms with Crippen LogP contribution in [-0.4, -0.2) is 13.2 Å². The standard InChI is InChI=1S/C23H31NO2/c1-25-23-16-20(17-24-21-12-8-3-2-4-9-13-21)14-15-22(23)26-18-19-10-6-5-7-11-19/h5-7,10-11,14-16,21,24H,2-4,8-9,12-13,17-18H2,1H3/p+1. The highest BCUT2D eigenvalue weighted by Gasteiger charge is 2.14. The van der Waals surface area contributed by atoms with E-state index in [0.29, 0.717) is 6.61 Å². The van der Waals surface area contributed by atoms with Gasteiger partial charge in [-0.05, 0) is 49.4 Å². The third kappa shape index (κ3) is 5.77. The molecule has 140 valence electrons. The van der Waals surface area contributed by atoms with Gasteiger partial charge in [-0.25, -0.2) is 0 Å². The Hall–Kier alpha value is -2.00. The van der Waals surface area contributed by atoms with Crippen LogP contribution in [0.25, 0.3) is 0 Å². The van der Waals surface area contributed by atoms with Crippen LogP contribution in [0.3, 0.4) is 0 Å². The SMILES string of the molecule is COc1cc(C[NH2+]C2CCCCCCC2)ccc1OCc1ccccc1. The van der Waals surface area contributed by atoms with Crippen molar-refractivity contribution in [3.63, 3.8) is 0 Å². The first-order valence-electron chi connectivity index (χ1n) is 10.0. The molecule has 0 heterocycles. The summed E-state index contributed by atoms with van der Waals surface area (Å²) < 4.78 is 11.5. The van der Waals surface area contributed by atoms with E-state index in [1.807, 2.05) is 24.3 Å². The van der Waals surface area contributed by atoms with Gasteiger partial charge in [0.05, 0.1) is 13.2 Å². The predicted octanol–water partition coefficient (Wildman–Crippen LogP) is 4.45. The Morgan fingerprint density at radius 2 is 1.58 bits per heavy atom. The first kappa shape index (κ1) is 18.8. The molecule has 26 heavy (non-hydrogen) atoms. The molecule has 3 heteroatoms. The highest BCUT2D eigenvalue weighted by Crippen LogP contribution is 2.28. The quantitative estimate of drug-likeness (QED) is 0.797. The van der Waals surface area contributed by atoms with Crippen LogP contribution in [0.15, 0.2) is 48.5 Å². The van der Waals surface area contributed by atoms with Gasteiger partial charge in [-0.2, -0.15) is 0 Å². The lowest BCUT2D eigenvalue weighted by Crippen LogP contribution is -2.88. The van der Waals surface area contributed by atoms with E-state index in [1.54, 1.807) is 7.11 Å². The molecular weight excluding hydrogens is 322 g/mol. The van der Waals surface area contributed by atoms with Crippen LogP contribution in [0.1, 0.15) is 56.1 Å². The highest BCUT2D eigenvalue weighted by molar-refractivity contribution is 5.42. The van der Waals surface area contributed by atoms with Gasteiger partial charge in [-0.1, -0.05) is 49.6 Å². The summed E-state index contributed by atoms with van der Waals surface area (Å²) in [5.41, 5.74) is 2.47. The monoisotopic (exact) mass is 354 g/mol. The molecule has 1 fully saturated rings. The Kier molecular flexibility index (Phi) is 7.38. The molecule has 0 radical (unpaired) electrons. The average molecular weight is 355 g/mol. The molecule has 2 aromatic rings. The van der Waals surface area contributed by atoms with Gasteiger partial charge in [-0.3, -0.25) is 0 Å². The molecule has 1 saturated carbocycles. The molecule has 1 aliphatic carbocycles. The molecule has 2 N–H and O–H groups in total. The van der Waals surface area contributed by atoms with E-state index in [0.717, 1.165) is 29.6 Å². The number of hydrogen-bond acceptors (Lipinski definition) is 2. The Bertz CT molecular complexity index is 649. The van der Waals surface area contributed by atoms with Crippen molar-refractivity contribution in [3.05, 3.63) is 59.7 Å². The lowest BCUT2D eigenvalue weighted by Gasteiger charge is -2.18. The largest absolute Gasteiger partial charge is 0.493 e. The molecule has 2 aromatic carbocycles. The maximum atomic E-state index is 5.96. The summed E-state index contributed by atoms with van der Waals surface area (Å²) in [4.78, 5) is 0. The van der Waals surface area contributed by atoms with Crippen LogP contribution in [0.2, 0.25) is 0 Å². The molecule has 0 spiro atoms. The van der Waals surface area contributed by atoms with Crippen molar-refractivity contribution in [2.75, 3.05) is 7.11 Å². The number of ether oxygens (including phenoxy) is 2. The summed E-state index contributed by atoms with van der Waals surface area (Å²) in [6, 6.07) is 17.3. The van der Waals surface area contributed by atoms with Crippen LogP contribution in [0, 0.1) is 0 Å². The minimum absolute atomic E-state index is 0.560. The Morgan fingerprint density at radius 3 is 2.31 bits per heavy atom. The summed E-state index contributed by atoms with van der Waals surface area (Å²) in [7, 11) is 1.72. The number of benzene rings is 2. The fraction of sp³-hybridized carbons (Fsp3) is 0.478. The summed E-state index contributed by atoms with van der Waals surface area (Å²) in [6.45, 7) is 1.57. The third-order valence-electron chi connectivity index (χ3n) is 5.30. The zero-order chi connectivity index (χ0) is 18.0. The zero-order valence-electron chi connectivity index (χ0n) is 16.0. The summed E-state index contributed by atoms with van der Waals surface area (Å²) in [6.07, 6.45) is 9.73. The van der Waals surface area contributed by atoms with E-state index >= 15 is 0 Å². The second-order valence-corrected chi connectivity index (χ2v) is 7.30. The van der Waals surface area contributed by atoms with E-state index in [4.69, 9.17) is 9.47 Å².